The Morgan fingerprint density at radius 3 is 1.54 bits per heavy atom. The molecule has 0 heterocycles. The maximum absolute atomic E-state index is 13.3. The summed E-state index contributed by atoms with van der Waals surface area (Å²) in [5.41, 5.74) is -8.59. The van der Waals surface area contributed by atoms with Gasteiger partial charge in [0.05, 0.1) is 0 Å². The van der Waals surface area contributed by atoms with Gasteiger partial charge in [-0.25, -0.2) is 0 Å². The zero-order valence-electron chi connectivity index (χ0n) is 13.1. The molecule has 2 rings (SSSR count). The Bertz CT molecular complexity index is 576. The molecule has 1 aliphatic carbocycles. The number of fused-ring (bicyclic) bond motifs is 2. The third kappa shape index (κ3) is 2.69. The molecule has 2 N–H and O–H groups in total. The van der Waals surface area contributed by atoms with Crippen molar-refractivity contribution in [3.63, 3.8) is 0 Å². The monoisotopic (exact) mass is 356 g/mol. The van der Waals surface area contributed by atoms with Crippen molar-refractivity contribution in [2.45, 2.75) is 62.6 Å². The van der Waals surface area contributed by atoms with E-state index in [0.29, 0.717) is 18.9 Å². The molecule has 24 heavy (non-hydrogen) atoms. The van der Waals surface area contributed by atoms with Crippen LogP contribution in [0.15, 0.2) is 18.2 Å². The molecule has 0 radical (unpaired) electrons. The summed E-state index contributed by atoms with van der Waals surface area (Å²) in [6, 6.07) is 2.77. The fraction of sp³-hybridized carbons (Fsp3) is 0.625. The maximum Gasteiger partial charge on any atom is 0.421 e. The highest BCUT2D eigenvalue weighted by Crippen LogP contribution is 2.56. The van der Waals surface area contributed by atoms with Crippen molar-refractivity contribution in [3.05, 3.63) is 34.9 Å². The van der Waals surface area contributed by atoms with Crippen LogP contribution < -0.4 is 0 Å². The fourth-order valence-corrected chi connectivity index (χ4v) is 3.23. The van der Waals surface area contributed by atoms with E-state index < -0.39 is 41.1 Å². The number of benzene rings is 1. The molecule has 0 saturated heterocycles. The van der Waals surface area contributed by atoms with Crippen molar-refractivity contribution in [2.24, 2.45) is 0 Å². The van der Waals surface area contributed by atoms with Gasteiger partial charge in [0, 0.05) is 6.42 Å². The van der Waals surface area contributed by atoms with Gasteiger partial charge in [-0.1, -0.05) is 26.0 Å². The Labute approximate surface area is 135 Å². The fourth-order valence-electron chi connectivity index (χ4n) is 3.23. The Morgan fingerprint density at radius 1 is 0.875 bits per heavy atom. The molecule has 8 heteroatoms. The zero-order chi connectivity index (χ0) is 18.6. The van der Waals surface area contributed by atoms with Crippen molar-refractivity contribution < 1.29 is 36.6 Å². The van der Waals surface area contributed by atoms with Crippen LogP contribution in [0.4, 0.5) is 26.3 Å². The van der Waals surface area contributed by atoms with Crippen molar-refractivity contribution in [1.29, 1.82) is 0 Å². The van der Waals surface area contributed by atoms with Crippen molar-refractivity contribution in [2.75, 3.05) is 0 Å². The second-order valence-corrected chi connectivity index (χ2v) is 6.25. The van der Waals surface area contributed by atoms with Gasteiger partial charge in [0.15, 0.2) is 11.2 Å². The number of aliphatic hydroxyl groups is 2. The molecule has 2 unspecified atom stereocenters. The zero-order valence-corrected chi connectivity index (χ0v) is 13.1. The van der Waals surface area contributed by atoms with E-state index in [2.05, 4.69) is 0 Å². The Hall–Kier alpha value is -1.28. The van der Waals surface area contributed by atoms with E-state index in [1.54, 1.807) is 13.8 Å². The van der Waals surface area contributed by atoms with Crippen molar-refractivity contribution in [1.82, 2.24) is 0 Å². The minimum absolute atomic E-state index is 0.248. The predicted octanol–water partition coefficient (Wildman–Crippen LogP) is 4.49. The summed E-state index contributed by atoms with van der Waals surface area (Å²) in [5.74, 6) is -0.267. The van der Waals surface area contributed by atoms with Crippen LogP contribution in [0.25, 0.3) is 0 Å². The average molecular weight is 356 g/mol. The van der Waals surface area contributed by atoms with Crippen LogP contribution in [0, 0.1) is 0 Å². The van der Waals surface area contributed by atoms with E-state index in [0.717, 1.165) is 12.1 Å². The smallest absolute Gasteiger partial charge is 0.376 e. The third-order valence-corrected chi connectivity index (χ3v) is 4.82. The normalized spacial score (nSPS) is 27.6. The van der Waals surface area contributed by atoms with Crippen molar-refractivity contribution >= 4 is 0 Å². The van der Waals surface area contributed by atoms with Gasteiger partial charge in [-0.2, -0.15) is 26.3 Å². The molecule has 0 fully saturated rings. The first-order valence-electron chi connectivity index (χ1n) is 7.54. The molecule has 0 spiro atoms. The van der Waals surface area contributed by atoms with E-state index in [9.17, 15) is 36.6 Å². The minimum Gasteiger partial charge on any atom is -0.376 e. The molecular weight excluding hydrogens is 338 g/mol. The van der Waals surface area contributed by atoms with Crippen LogP contribution in [0.3, 0.4) is 0 Å². The molecule has 136 valence electrons. The number of rotatable bonds is 3. The standard InChI is InChI=1S/C16H18F6O2/c1-3-9(4-2)10-5-11-7-12(6-10)14(24,16(20,21)22)8-13(11,23)15(17,18)19/h5-7,9,23-24H,3-4,8H2,1-2H3. The summed E-state index contributed by atoms with van der Waals surface area (Å²) in [6.07, 6.45) is -11.6. The molecule has 0 aliphatic heterocycles. The van der Waals surface area contributed by atoms with Crippen LogP contribution in [0.2, 0.25) is 0 Å². The van der Waals surface area contributed by atoms with Crippen LogP contribution in [0.5, 0.6) is 0 Å². The van der Waals surface area contributed by atoms with Gasteiger partial charge < -0.3 is 10.2 Å². The number of alkyl halides is 6. The molecule has 0 amide bonds. The van der Waals surface area contributed by atoms with Gasteiger partial charge in [0.1, 0.15) is 0 Å². The summed E-state index contributed by atoms with van der Waals surface area (Å²) in [7, 11) is 0. The van der Waals surface area contributed by atoms with E-state index >= 15 is 0 Å². The van der Waals surface area contributed by atoms with Gasteiger partial charge in [-0.05, 0) is 41.5 Å². The van der Waals surface area contributed by atoms with Crippen LogP contribution in [-0.4, -0.2) is 22.6 Å². The van der Waals surface area contributed by atoms with E-state index in [4.69, 9.17) is 0 Å². The molecule has 2 bridgehead atoms. The van der Waals surface area contributed by atoms with Gasteiger partial charge in [0.25, 0.3) is 0 Å². The third-order valence-electron chi connectivity index (χ3n) is 4.82. The topological polar surface area (TPSA) is 40.5 Å². The SMILES string of the molecule is CCC(CC)c1cc2cc(c1)C(O)(C(F)(F)F)CC2(O)C(F)(F)F. The molecule has 0 aromatic heterocycles. The van der Waals surface area contributed by atoms with Gasteiger partial charge >= 0.3 is 12.4 Å². The van der Waals surface area contributed by atoms with E-state index in [1.807, 2.05) is 0 Å². The lowest BCUT2D eigenvalue weighted by Crippen LogP contribution is -2.55. The highest BCUT2D eigenvalue weighted by atomic mass is 19.4. The maximum atomic E-state index is 13.3. The van der Waals surface area contributed by atoms with Gasteiger partial charge in [-0.3, -0.25) is 0 Å². The van der Waals surface area contributed by atoms with E-state index in [-0.39, 0.29) is 11.5 Å². The minimum atomic E-state index is -5.35. The highest BCUT2D eigenvalue weighted by Gasteiger charge is 2.67. The quantitative estimate of drug-likeness (QED) is 0.784. The Kier molecular flexibility index (Phi) is 4.46. The molecule has 1 aliphatic rings. The number of hydrogen-bond donors (Lipinski definition) is 2. The van der Waals surface area contributed by atoms with Crippen LogP contribution in [0.1, 0.15) is 55.7 Å². The number of halogens is 6. The van der Waals surface area contributed by atoms with E-state index in [1.165, 1.54) is 0 Å². The van der Waals surface area contributed by atoms with Gasteiger partial charge in [-0.15, -0.1) is 0 Å². The summed E-state index contributed by atoms with van der Waals surface area (Å²) in [5, 5.41) is 20.1. The molecule has 1 aromatic carbocycles. The molecule has 1 aromatic rings. The summed E-state index contributed by atoms with van der Waals surface area (Å²) >= 11 is 0. The molecule has 0 saturated carbocycles. The lowest BCUT2D eigenvalue weighted by Gasteiger charge is -2.44. The number of hydrogen-bond acceptors (Lipinski definition) is 2. The lowest BCUT2D eigenvalue weighted by molar-refractivity contribution is -0.328. The lowest BCUT2D eigenvalue weighted by atomic mass is 9.70. The molecule has 2 atom stereocenters. The van der Waals surface area contributed by atoms with Crippen LogP contribution >= 0.6 is 0 Å². The highest BCUT2D eigenvalue weighted by molar-refractivity contribution is 5.44. The van der Waals surface area contributed by atoms with Crippen molar-refractivity contribution in [3.8, 4) is 0 Å². The van der Waals surface area contributed by atoms with Crippen LogP contribution in [-0.2, 0) is 11.2 Å². The summed E-state index contributed by atoms with van der Waals surface area (Å²) in [4.78, 5) is 0. The first kappa shape index (κ1) is 19.1. The molecule has 2 nitrogen and oxygen atoms in total. The first-order valence-corrected chi connectivity index (χ1v) is 7.54. The Morgan fingerprint density at radius 2 is 1.25 bits per heavy atom. The molecular formula is C16H18F6O2. The average Bonchev–Trinajstić information content (AvgIpc) is 2.44. The first-order chi connectivity index (χ1) is 10.8. The Balaban J connectivity index is 2.76. The van der Waals surface area contributed by atoms with Gasteiger partial charge in [0.2, 0.25) is 0 Å². The second kappa shape index (κ2) is 5.62. The predicted molar refractivity (Wildman–Crippen MR) is 74.3 cm³/mol. The second-order valence-electron chi connectivity index (χ2n) is 6.25. The summed E-state index contributed by atoms with van der Waals surface area (Å²) < 4.78 is 79.9. The summed E-state index contributed by atoms with van der Waals surface area (Å²) in [6.45, 7) is 3.52. The largest absolute Gasteiger partial charge is 0.421 e.